The van der Waals surface area contributed by atoms with Gasteiger partial charge in [-0.3, -0.25) is 9.59 Å². The Labute approximate surface area is 187 Å². The Kier molecular flexibility index (Phi) is 8.37. The summed E-state index contributed by atoms with van der Waals surface area (Å²) in [5.41, 5.74) is 1.49. The first-order valence-corrected chi connectivity index (χ1v) is 11.5. The number of nitrogens with zero attached hydrogens (tertiary/aromatic N) is 1. The highest BCUT2D eigenvalue weighted by molar-refractivity contribution is 7.13. The third-order valence-corrected chi connectivity index (χ3v) is 6.44. The number of ketones is 1. The Morgan fingerprint density at radius 1 is 1.13 bits per heavy atom. The third-order valence-electron chi connectivity index (χ3n) is 5.40. The second kappa shape index (κ2) is 11.2. The van der Waals surface area contributed by atoms with Gasteiger partial charge in [-0.2, -0.15) is 0 Å². The summed E-state index contributed by atoms with van der Waals surface area (Å²) in [7, 11) is 1.36. The molecule has 0 bridgehead atoms. The molecule has 1 amide bonds. The molecule has 3 rings (SSSR count). The third kappa shape index (κ3) is 6.02. The van der Waals surface area contributed by atoms with E-state index in [0.29, 0.717) is 36.5 Å². The molecule has 166 valence electrons. The van der Waals surface area contributed by atoms with Crippen LogP contribution in [0.3, 0.4) is 0 Å². The van der Waals surface area contributed by atoms with Crippen molar-refractivity contribution in [3.05, 3.63) is 51.7 Å². The van der Waals surface area contributed by atoms with E-state index in [0.717, 1.165) is 36.2 Å². The minimum absolute atomic E-state index is 0.0429. The SMILES string of the molecule is CCCCCC(=O)c1ccc(N2C(=O)CC[C@@H]2COCc2ccc(C(=O)OC)s2)cc1. The van der Waals surface area contributed by atoms with Crippen LogP contribution < -0.4 is 4.90 Å². The first-order chi connectivity index (χ1) is 15.0. The van der Waals surface area contributed by atoms with Crippen molar-refractivity contribution in [1.29, 1.82) is 0 Å². The van der Waals surface area contributed by atoms with Gasteiger partial charge in [0.05, 0.1) is 26.4 Å². The number of rotatable bonds is 11. The number of benzene rings is 1. The number of hydrogen-bond acceptors (Lipinski definition) is 6. The van der Waals surface area contributed by atoms with Crippen LogP contribution in [-0.2, 0) is 20.9 Å². The molecule has 1 aromatic heterocycles. The van der Waals surface area contributed by atoms with E-state index >= 15 is 0 Å². The predicted molar refractivity (Wildman–Crippen MR) is 121 cm³/mol. The van der Waals surface area contributed by atoms with Crippen LogP contribution in [0.4, 0.5) is 5.69 Å². The zero-order chi connectivity index (χ0) is 22.2. The number of Topliss-reactive ketones (excluding diaryl/α,β-unsaturated/α-hetero) is 1. The second-order valence-electron chi connectivity index (χ2n) is 7.66. The van der Waals surface area contributed by atoms with Crippen molar-refractivity contribution in [2.24, 2.45) is 0 Å². The predicted octanol–water partition coefficient (Wildman–Crippen LogP) is 5.01. The van der Waals surface area contributed by atoms with Crippen LogP contribution >= 0.6 is 11.3 Å². The highest BCUT2D eigenvalue weighted by Gasteiger charge is 2.32. The molecular formula is C24H29NO5S. The van der Waals surface area contributed by atoms with Gasteiger partial charge < -0.3 is 14.4 Å². The largest absolute Gasteiger partial charge is 0.465 e. The minimum Gasteiger partial charge on any atom is -0.465 e. The van der Waals surface area contributed by atoms with Crippen LogP contribution in [0, 0.1) is 0 Å². The molecule has 1 aromatic carbocycles. The van der Waals surface area contributed by atoms with Crippen molar-refractivity contribution in [3.8, 4) is 0 Å². The fourth-order valence-corrected chi connectivity index (χ4v) is 4.57. The Bertz CT molecular complexity index is 905. The van der Waals surface area contributed by atoms with Crippen LogP contribution in [0.1, 0.15) is 70.4 Å². The van der Waals surface area contributed by atoms with Crippen molar-refractivity contribution in [2.75, 3.05) is 18.6 Å². The van der Waals surface area contributed by atoms with Crippen LogP contribution in [0.15, 0.2) is 36.4 Å². The normalized spacial score (nSPS) is 16.0. The Morgan fingerprint density at radius 2 is 1.90 bits per heavy atom. The number of thiophene rings is 1. The summed E-state index contributed by atoms with van der Waals surface area (Å²) in [5, 5.41) is 0. The van der Waals surface area contributed by atoms with Crippen molar-refractivity contribution >= 4 is 34.7 Å². The van der Waals surface area contributed by atoms with E-state index in [2.05, 4.69) is 6.92 Å². The second-order valence-corrected chi connectivity index (χ2v) is 8.82. The number of amides is 1. The molecule has 0 spiro atoms. The molecule has 1 fully saturated rings. The van der Waals surface area contributed by atoms with Gasteiger partial charge in [0, 0.05) is 29.0 Å². The number of ether oxygens (including phenoxy) is 2. The zero-order valence-electron chi connectivity index (χ0n) is 18.1. The molecule has 31 heavy (non-hydrogen) atoms. The average Bonchev–Trinajstić information content (AvgIpc) is 3.40. The molecule has 2 aromatic rings. The van der Waals surface area contributed by atoms with Gasteiger partial charge in [-0.1, -0.05) is 19.8 Å². The van der Waals surface area contributed by atoms with Gasteiger partial charge in [-0.05, 0) is 49.2 Å². The Morgan fingerprint density at radius 3 is 2.61 bits per heavy atom. The summed E-state index contributed by atoms with van der Waals surface area (Å²) < 4.78 is 10.6. The molecule has 0 N–H and O–H groups in total. The smallest absolute Gasteiger partial charge is 0.348 e. The topological polar surface area (TPSA) is 72.9 Å². The number of carbonyl (C=O) groups is 3. The standard InChI is InChI=1S/C24H29NO5S/c1-3-4-5-6-21(26)17-7-9-18(10-8-17)25-19(11-14-23(25)27)15-30-16-20-12-13-22(31-20)24(28)29-2/h7-10,12-13,19H,3-6,11,14-16H2,1-2H3/t19-/m1/s1. The van der Waals surface area contributed by atoms with E-state index in [1.165, 1.54) is 18.4 Å². The maximum absolute atomic E-state index is 12.5. The quantitative estimate of drug-likeness (QED) is 0.277. The number of methoxy groups -OCH3 is 1. The van der Waals surface area contributed by atoms with E-state index in [4.69, 9.17) is 9.47 Å². The molecular weight excluding hydrogens is 414 g/mol. The highest BCUT2D eigenvalue weighted by Crippen LogP contribution is 2.28. The lowest BCUT2D eigenvalue weighted by Gasteiger charge is -2.25. The first-order valence-electron chi connectivity index (χ1n) is 10.7. The van der Waals surface area contributed by atoms with Gasteiger partial charge in [-0.15, -0.1) is 11.3 Å². The van der Waals surface area contributed by atoms with Gasteiger partial charge in [-0.25, -0.2) is 4.79 Å². The molecule has 0 aliphatic carbocycles. The molecule has 1 aliphatic rings. The lowest BCUT2D eigenvalue weighted by molar-refractivity contribution is -0.117. The monoisotopic (exact) mass is 443 g/mol. The number of hydrogen-bond donors (Lipinski definition) is 0. The summed E-state index contributed by atoms with van der Waals surface area (Å²) in [6.07, 6.45) is 4.83. The summed E-state index contributed by atoms with van der Waals surface area (Å²) in [6.45, 7) is 2.91. The van der Waals surface area contributed by atoms with Crippen molar-refractivity contribution in [2.45, 2.75) is 58.1 Å². The van der Waals surface area contributed by atoms with E-state index in [-0.39, 0.29) is 23.7 Å². The van der Waals surface area contributed by atoms with Crippen LogP contribution in [0.25, 0.3) is 0 Å². The molecule has 0 saturated carbocycles. The maximum atomic E-state index is 12.5. The number of unbranched alkanes of at least 4 members (excludes halogenated alkanes) is 2. The van der Waals surface area contributed by atoms with Gasteiger partial charge in [0.1, 0.15) is 4.88 Å². The summed E-state index contributed by atoms with van der Waals surface area (Å²) in [4.78, 5) is 39.6. The van der Waals surface area contributed by atoms with Gasteiger partial charge >= 0.3 is 5.97 Å². The summed E-state index contributed by atoms with van der Waals surface area (Å²) in [5.74, 6) is -0.134. The van der Waals surface area contributed by atoms with Crippen molar-refractivity contribution in [1.82, 2.24) is 0 Å². The van der Waals surface area contributed by atoms with E-state index < -0.39 is 0 Å². The van der Waals surface area contributed by atoms with Gasteiger partial charge in [0.15, 0.2) is 5.78 Å². The number of esters is 1. The van der Waals surface area contributed by atoms with E-state index in [1.54, 1.807) is 11.0 Å². The molecule has 1 saturated heterocycles. The highest BCUT2D eigenvalue weighted by atomic mass is 32.1. The number of carbonyl (C=O) groups excluding carboxylic acids is 3. The molecule has 1 aliphatic heterocycles. The molecule has 0 radical (unpaired) electrons. The lowest BCUT2D eigenvalue weighted by Crippen LogP contribution is -2.36. The molecule has 1 atom stereocenters. The van der Waals surface area contributed by atoms with Crippen LogP contribution in [0.2, 0.25) is 0 Å². The first kappa shape index (κ1) is 23.2. The molecule has 2 heterocycles. The van der Waals surface area contributed by atoms with Gasteiger partial charge in [0.25, 0.3) is 0 Å². The molecule has 0 unspecified atom stereocenters. The summed E-state index contributed by atoms with van der Waals surface area (Å²) >= 11 is 1.34. The Hall–Kier alpha value is -2.51. The van der Waals surface area contributed by atoms with E-state index in [1.807, 2.05) is 30.3 Å². The van der Waals surface area contributed by atoms with Crippen LogP contribution in [0.5, 0.6) is 0 Å². The van der Waals surface area contributed by atoms with E-state index in [9.17, 15) is 14.4 Å². The van der Waals surface area contributed by atoms with Crippen LogP contribution in [-0.4, -0.2) is 37.4 Å². The zero-order valence-corrected chi connectivity index (χ0v) is 18.9. The van der Waals surface area contributed by atoms with Gasteiger partial charge in [0.2, 0.25) is 5.91 Å². The average molecular weight is 444 g/mol. The molecule has 6 nitrogen and oxygen atoms in total. The Balaban J connectivity index is 1.56. The fraction of sp³-hybridized carbons (Fsp3) is 0.458. The molecule has 7 heteroatoms. The summed E-state index contributed by atoms with van der Waals surface area (Å²) in [6, 6.07) is 10.9. The maximum Gasteiger partial charge on any atom is 0.348 e. The fourth-order valence-electron chi connectivity index (χ4n) is 3.71. The van der Waals surface area contributed by atoms with Crippen molar-refractivity contribution in [3.63, 3.8) is 0 Å². The lowest BCUT2D eigenvalue weighted by atomic mass is 10.0. The minimum atomic E-state index is -0.351. The number of anilines is 1. The van der Waals surface area contributed by atoms with Crippen molar-refractivity contribution < 1.29 is 23.9 Å².